The molecule has 0 aromatic heterocycles. The number of carbonyl (C=O) groups is 1. The molecule has 1 aliphatic heterocycles. The van der Waals surface area contributed by atoms with E-state index in [1.807, 2.05) is 30.3 Å². The predicted octanol–water partition coefficient (Wildman–Crippen LogP) is -0.244. The van der Waals surface area contributed by atoms with Crippen molar-refractivity contribution in [3.8, 4) is 5.75 Å². The molecule has 0 unspecified atom stereocenters. The van der Waals surface area contributed by atoms with E-state index in [1.54, 1.807) is 19.2 Å². The number of carbonyl (C=O) groups excluding carboxylic acids is 1. The minimum absolute atomic E-state index is 0.0266. The lowest BCUT2D eigenvalue weighted by atomic mass is 10.2. The molecule has 1 aliphatic rings. The van der Waals surface area contributed by atoms with Crippen molar-refractivity contribution in [2.75, 3.05) is 45.2 Å². The summed E-state index contributed by atoms with van der Waals surface area (Å²) in [5, 5.41) is 2.93. The molecule has 138 valence electrons. The third kappa shape index (κ3) is 5.28. The van der Waals surface area contributed by atoms with Gasteiger partial charge in [0.1, 0.15) is 44.3 Å². The Labute approximate surface area is 153 Å². The summed E-state index contributed by atoms with van der Waals surface area (Å²) in [5.74, 6) is 0.617. The number of hydrogen-bond donors (Lipinski definition) is 3. The Bertz CT molecular complexity index is 728. The molecule has 1 fully saturated rings. The zero-order valence-electron chi connectivity index (χ0n) is 15.1. The van der Waals surface area contributed by atoms with Gasteiger partial charge < -0.3 is 19.9 Å². The fourth-order valence-electron chi connectivity index (χ4n) is 3.35. The van der Waals surface area contributed by atoms with Crippen molar-refractivity contribution in [2.45, 2.75) is 6.54 Å². The van der Waals surface area contributed by atoms with E-state index in [0.29, 0.717) is 6.54 Å². The van der Waals surface area contributed by atoms with E-state index in [2.05, 4.69) is 5.32 Å². The van der Waals surface area contributed by atoms with Crippen LogP contribution in [0.1, 0.15) is 5.56 Å². The van der Waals surface area contributed by atoms with Gasteiger partial charge in [-0.05, 0) is 36.4 Å². The van der Waals surface area contributed by atoms with Crippen molar-refractivity contribution >= 4 is 11.6 Å². The van der Waals surface area contributed by atoms with E-state index >= 15 is 0 Å². The first-order valence-corrected chi connectivity index (χ1v) is 8.98. The summed E-state index contributed by atoms with van der Waals surface area (Å²) in [6, 6.07) is 14.2. The highest BCUT2D eigenvalue weighted by molar-refractivity contribution is 5.91. The smallest absolute Gasteiger partial charge is 0.279 e. The van der Waals surface area contributed by atoms with Gasteiger partial charge in [-0.25, -0.2) is 4.39 Å². The maximum atomic E-state index is 13.3. The lowest BCUT2D eigenvalue weighted by molar-refractivity contribution is -1.02. The van der Waals surface area contributed by atoms with Gasteiger partial charge >= 0.3 is 0 Å². The molecule has 6 heteroatoms. The van der Waals surface area contributed by atoms with E-state index in [-0.39, 0.29) is 11.7 Å². The van der Waals surface area contributed by atoms with Gasteiger partial charge in [0.2, 0.25) is 0 Å². The van der Waals surface area contributed by atoms with Crippen LogP contribution in [0.2, 0.25) is 0 Å². The summed E-state index contributed by atoms with van der Waals surface area (Å²) < 4.78 is 18.4. The van der Waals surface area contributed by atoms with Crippen LogP contribution in [0.5, 0.6) is 5.75 Å². The average molecular weight is 359 g/mol. The highest BCUT2D eigenvalue weighted by Crippen LogP contribution is 2.14. The molecule has 2 aromatic rings. The molecule has 0 aliphatic carbocycles. The third-order valence-electron chi connectivity index (χ3n) is 4.79. The van der Waals surface area contributed by atoms with Crippen LogP contribution >= 0.6 is 0 Å². The maximum Gasteiger partial charge on any atom is 0.279 e. The van der Waals surface area contributed by atoms with Crippen LogP contribution in [0, 0.1) is 5.82 Å². The first kappa shape index (κ1) is 18.4. The van der Waals surface area contributed by atoms with Crippen molar-refractivity contribution < 1.29 is 23.7 Å². The van der Waals surface area contributed by atoms with Gasteiger partial charge in [0.15, 0.2) is 6.54 Å². The number of rotatable bonds is 6. The topological polar surface area (TPSA) is 47.2 Å². The highest BCUT2D eigenvalue weighted by Gasteiger charge is 2.24. The second-order valence-corrected chi connectivity index (χ2v) is 6.76. The predicted molar refractivity (Wildman–Crippen MR) is 98.0 cm³/mol. The monoisotopic (exact) mass is 359 g/mol. The zero-order chi connectivity index (χ0) is 18.4. The molecule has 3 N–H and O–H groups in total. The summed E-state index contributed by atoms with van der Waals surface area (Å²) in [7, 11) is 1.62. The lowest BCUT2D eigenvalue weighted by Gasteiger charge is -2.29. The Hall–Kier alpha value is -2.44. The fourth-order valence-corrected chi connectivity index (χ4v) is 3.35. The lowest BCUT2D eigenvalue weighted by Crippen LogP contribution is -3.28. The Morgan fingerprint density at radius 3 is 2.42 bits per heavy atom. The van der Waals surface area contributed by atoms with Crippen LogP contribution in [0.4, 0.5) is 10.1 Å². The van der Waals surface area contributed by atoms with Gasteiger partial charge in [-0.1, -0.05) is 12.1 Å². The number of ether oxygens (including phenoxy) is 1. The summed E-state index contributed by atoms with van der Waals surface area (Å²) >= 11 is 0. The van der Waals surface area contributed by atoms with Gasteiger partial charge in [0.25, 0.3) is 5.91 Å². The third-order valence-corrected chi connectivity index (χ3v) is 4.79. The molecule has 1 amide bonds. The number of piperazine rings is 1. The minimum Gasteiger partial charge on any atom is -0.497 e. The number of quaternary nitrogens is 2. The number of nitrogens with one attached hydrogen (secondary N) is 3. The normalized spacial score (nSPS) is 19.8. The number of methoxy groups -OCH3 is 1. The van der Waals surface area contributed by atoms with Crippen molar-refractivity contribution in [1.29, 1.82) is 0 Å². The maximum absolute atomic E-state index is 13.3. The molecule has 0 bridgehead atoms. The van der Waals surface area contributed by atoms with E-state index in [1.165, 1.54) is 15.9 Å². The Kier molecular flexibility index (Phi) is 6.20. The van der Waals surface area contributed by atoms with Crippen LogP contribution in [-0.4, -0.2) is 45.7 Å². The molecule has 1 saturated heterocycles. The average Bonchev–Trinajstić information content (AvgIpc) is 2.64. The van der Waals surface area contributed by atoms with Crippen LogP contribution in [0.25, 0.3) is 0 Å². The van der Waals surface area contributed by atoms with Gasteiger partial charge in [-0.3, -0.25) is 4.79 Å². The molecule has 0 saturated carbocycles. The quantitative estimate of drug-likeness (QED) is 0.667. The second kappa shape index (κ2) is 8.78. The number of anilines is 1. The summed E-state index contributed by atoms with van der Waals surface area (Å²) in [6.45, 7) is 5.17. The molecular weight excluding hydrogens is 333 g/mol. The molecule has 3 rings (SSSR count). The standard InChI is InChI=1S/C20H24FN3O2/c1-26-19-7-5-18(6-8-19)22-20(25)15-24-11-9-23(10-12-24)14-16-3-2-4-17(21)13-16/h2-8,13H,9-12,14-15H2,1H3,(H,22,25)/p+2. The van der Waals surface area contributed by atoms with Crippen molar-refractivity contribution in [2.24, 2.45) is 0 Å². The zero-order valence-corrected chi connectivity index (χ0v) is 15.1. The van der Waals surface area contributed by atoms with E-state index in [9.17, 15) is 9.18 Å². The van der Waals surface area contributed by atoms with Crippen LogP contribution in [0.3, 0.4) is 0 Å². The van der Waals surface area contributed by atoms with Gasteiger partial charge in [-0.2, -0.15) is 0 Å². The second-order valence-electron chi connectivity index (χ2n) is 6.76. The van der Waals surface area contributed by atoms with Gasteiger partial charge in [0, 0.05) is 11.3 Å². The molecule has 2 aromatic carbocycles. The van der Waals surface area contributed by atoms with Crippen LogP contribution in [-0.2, 0) is 11.3 Å². The van der Waals surface area contributed by atoms with E-state index in [4.69, 9.17) is 4.74 Å². The fraction of sp³-hybridized carbons (Fsp3) is 0.350. The molecule has 5 nitrogen and oxygen atoms in total. The number of halogens is 1. The first-order chi connectivity index (χ1) is 12.6. The molecular formula is C20H26FN3O2+2. The first-order valence-electron chi connectivity index (χ1n) is 8.98. The Morgan fingerprint density at radius 2 is 1.77 bits per heavy atom. The number of hydrogen-bond acceptors (Lipinski definition) is 2. The number of amides is 1. The Balaban J connectivity index is 1.42. The molecule has 0 radical (unpaired) electrons. The van der Waals surface area contributed by atoms with Crippen molar-refractivity contribution in [1.82, 2.24) is 0 Å². The Morgan fingerprint density at radius 1 is 1.08 bits per heavy atom. The van der Waals surface area contributed by atoms with Crippen LogP contribution in [0.15, 0.2) is 48.5 Å². The molecule has 0 atom stereocenters. The summed E-state index contributed by atoms with van der Waals surface area (Å²) in [5.41, 5.74) is 1.81. The SMILES string of the molecule is COc1ccc(NC(=O)C[NH+]2CC[NH+](Cc3cccc(F)c3)CC2)cc1. The largest absolute Gasteiger partial charge is 0.497 e. The van der Waals surface area contributed by atoms with Crippen LogP contribution < -0.4 is 19.9 Å². The van der Waals surface area contributed by atoms with Crippen molar-refractivity contribution in [3.63, 3.8) is 0 Å². The molecule has 1 heterocycles. The minimum atomic E-state index is -0.179. The molecule has 0 spiro atoms. The van der Waals surface area contributed by atoms with E-state index in [0.717, 1.165) is 49.7 Å². The summed E-state index contributed by atoms with van der Waals surface area (Å²) in [4.78, 5) is 15.0. The van der Waals surface area contributed by atoms with E-state index < -0.39 is 0 Å². The molecule has 26 heavy (non-hydrogen) atoms. The summed E-state index contributed by atoms with van der Waals surface area (Å²) in [6.07, 6.45) is 0. The number of benzene rings is 2. The van der Waals surface area contributed by atoms with Crippen molar-refractivity contribution in [3.05, 3.63) is 59.9 Å². The van der Waals surface area contributed by atoms with Gasteiger partial charge in [-0.15, -0.1) is 0 Å². The van der Waals surface area contributed by atoms with Gasteiger partial charge in [0.05, 0.1) is 7.11 Å². The highest BCUT2D eigenvalue weighted by atomic mass is 19.1.